The molecule has 1 heterocycles. The fourth-order valence-corrected chi connectivity index (χ4v) is 5.89. The van der Waals surface area contributed by atoms with Crippen LogP contribution in [0.4, 0.5) is 0 Å². The summed E-state index contributed by atoms with van der Waals surface area (Å²) in [5.41, 5.74) is 0.208. The second kappa shape index (κ2) is 8.61. The molecule has 0 unspecified atom stereocenters. The maximum absolute atomic E-state index is 12.9. The summed E-state index contributed by atoms with van der Waals surface area (Å²) in [7, 11) is -3.11. The van der Waals surface area contributed by atoms with Gasteiger partial charge in [-0.05, 0) is 31.4 Å². The Morgan fingerprint density at radius 1 is 1.07 bits per heavy atom. The van der Waals surface area contributed by atoms with Gasteiger partial charge in [-0.15, -0.1) is 0 Å². The molecule has 0 N–H and O–H groups in total. The lowest BCUT2D eigenvalue weighted by atomic mass is 9.93. The number of sulfone groups is 1. The van der Waals surface area contributed by atoms with E-state index in [1.807, 2.05) is 0 Å². The third-order valence-electron chi connectivity index (χ3n) is 5.28. The Balaban J connectivity index is 1.69. The summed E-state index contributed by atoms with van der Waals surface area (Å²) in [6.07, 6.45) is 5.34. The molecular weight excluding hydrogens is 390 g/mol. The topological polar surface area (TPSA) is 80.8 Å². The number of halogens is 1. The fraction of sp³-hybridized carbons (Fsp3) is 0.579. The fourth-order valence-electron chi connectivity index (χ4n) is 3.97. The van der Waals surface area contributed by atoms with Crippen molar-refractivity contribution in [3.63, 3.8) is 0 Å². The first-order valence-corrected chi connectivity index (χ1v) is 11.5. The molecule has 148 valence electrons. The second-order valence-electron chi connectivity index (χ2n) is 7.21. The van der Waals surface area contributed by atoms with E-state index in [9.17, 15) is 18.0 Å². The van der Waals surface area contributed by atoms with E-state index in [-0.39, 0.29) is 40.1 Å². The third-order valence-corrected chi connectivity index (χ3v) is 7.36. The van der Waals surface area contributed by atoms with Gasteiger partial charge in [0.1, 0.15) is 0 Å². The van der Waals surface area contributed by atoms with Crippen LogP contribution in [0.5, 0.6) is 0 Å². The van der Waals surface area contributed by atoms with Gasteiger partial charge >= 0.3 is 5.97 Å². The number of ether oxygens (including phenoxy) is 1. The molecule has 3 rings (SSSR count). The summed E-state index contributed by atoms with van der Waals surface area (Å²) in [5.74, 6) is -0.887. The maximum atomic E-state index is 12.9. The van der Waals surface area contributed by atoms with Crippen LogP contribution in [0.1, 0.15) is 48.9 Å². The quantitative estimate of drug-likeness (QED) is 0.693. The lowest BCUT2D eigenvalue weighted by molar-refractivity contribution is -0.140. The molecule has 27 heavy (non-hydrogen) atoms. The average molecular weight is 414 g/mol. The monoisotopic (exact) mass is 413 g/mol. The van der Waals surface area contributed by atoms with Crippen molar-refractivity contribution in [3.05, 3.63) is 34.9 Å². The number of rotatable bonds is 5. The molecule has 2 fully saturated rings. The van der Waals surface area contributed by atoms with Gasteiger partial charge in [-0.1, -0.05) is 43.0 Å². The first-order chi connectivity index (χ1) is 12.9. The molecule has 1 saturated heterocycles. The van der Waals surface area contributed by atoms with Gasteiger partial charge in [0.15, 0.2) is 16.4 Å². The van der Waals surface area contributed by atoms with Gasteiger partial charge in [0.2, 0.25) is 0 Å². The number of amides is 1. The largest absolute Gasteiger partial charge is 0.452 e. The zero-order valence-corrected chi connectivity index (χ0v) is 16.7. The molecule has 0 aromatic heterocycles. The predicted molar refractivity (Wildman–Crippen MR) is 103 cm³/mol. The first kappa shape index (κ1) is 20.1. The van der Waals surface area contributed by atoms with Crippen LogP contribution in [-0.2, 0) is 19.4 Å². The van der Waals surface area contributed by atoms with Gasteiger partial charge in [0.05, 0.1) is 22.1 Å². The summed E-state index contributed by atoms with van der Waals surface area (Å²) in [5, 5.41) is 0.265. The van der Waals surface area contributed by atoms with Gasteiger partial charge in [-0.25, -0.2) is 13.2 Å². The number of hydrogen-bond donors (Lipinski definition) is 0. The van der Waals surface area contributed by atoms with Gasteiger partial charge in [-0.3, -0.25) is 4.79 Å². The molecule has 1 aromatic carbocycles. The van der Waals surface area contributed by atoms with E-state index in [1.54, 1.807) is 23.1 Å². The van der Waals surface area contributed by atoms with Gasteiger partial charge < -0.3 is 9.64 Å². The van der Waals surface area contributed by atoms with Gasteiger partial charge in [0.25, 0.3) is 5.91 Å². The Hall–Kier alpha value is -1.60. The molecule has 6 nitrogen and oxygen atoms in total. The summed E-state index contributed by atoms with van der Waals surface area (Å²) in [4.78, 5) is 26.8. The van der Waals surface area contributed by atoms with Crippen molar-refractivity contribution >= 4 is 33.3 Å². The van der Waals surface area contributed by atoms with Crippen LogP contribution in [0.2, 0.25) is 5.02 Å². The highest BCUT2D eigenvalue weighted by molar-refractivity contribution is 7.91. The van der Waals surface area contributed by atoms with Crippen molar-refractivity contribution in [1.82, 2.24) is 4.90 Å². The summed E-state index contributed by atoms with van der Waals surface area (Å²) >= 11 is 5.99. The number of esters is 1. The lowest BCUT2D eigenvalue weighted by Crippen LogP contribution is -2.50. The first-order valence-electron chi connectivity index (χ1n) is 9.30. The van der Waals surface area contributed by atoms with E-state index in [0.717, 1.165) is 32.1 Å². The van der Waals surface area contributed by atoms with Gasteiger partial charge in [0, 0.05) is 12.1 Å². The van der Waals surface area contributed by atoms with Crippen LogP contribution < -0.4 is 0 Å². The van der Waals surface area contributed by atoms with E-state index < -0.39 is 22.4 Å². The van der Waals surface area contributed by atoms with Crippen LogP contribution in [0.25, 0.3) is 0 Å². The van der Waals surface area contributed by atoms with Crippen LogP contribution in [-0.4, -0.2) is 55.4 Å². The van der Waals surface area contributed by atoms with Crippen molar-refractivity contribution < 1.29 is 22.7 Å². The van der Waals surface area contributed by atoms with E-state index in [0.29, 0.717) is 6.42 Å². The Morgan fingerprint density at radius 3 is 2.41 bits per heavy atom. The lowest BCUT2D eigenvalue weighted by Gasteiger charge is -2.38. The van der Waals surface area contributed by atoms with E-state index in [2.05, 4.69) is 0 Å². The van der Waals surface area contributed by atoms with Crippen LogP contribution in [0.3, 0.4) is 0 Å². The zero-order valence-electron chi connectivity index (χ0n) is 15.1. The molecule has 1 atom stereocenters. The Labute approximate surface area is 164 Å². The van der Waals surface area contributed by atoms with Crippen molar-refractivity contribution in [2.45, 2.75) is 50.6 Å². The van der Waals surface area contributed by atoms with Crippen LogP contribution in [0, 0.1) is 0 Å². The number of carbonyl (C=O) groups excluding carboxylic acids is 2. The molecule has 0 spiro atoms. The van der Waals surface area contributed by atoms with Crippen molar-refractivity contribution in [2.75, 3.05) is 18.1 Å². The van der Waals surface area contributed by atoms with E-state index in [4.69, 9.17) is 16.3 Å². The molecule has 1 aromatic rings. The Bertz CT molecular complexity index is 804. The summed E-state index contributed by atoms with van der Waals surface area (Å²) in [6.45, 7) is -0.406. The Kier molecular flexibility index (Phi) is 6.42. The molecule has 8 heteroatoms. The number of carbonyl (C=O) groups is 2. The molecule has 1 aliphatic heterocycles. The molecule has 1 saturated carbocycles. The van der Waals surface area contributed by atoms with Crippen molar-refractivity contribution in [2.24, 2.45) is 0 Å². The molecule has 0 bridgehead atoms. The number of benzene rings is 1. The molecule has 0 radical (unpaired) electrons. The van der Waals surface area contributed by atoms with Gasteiger partial charge in [-0.2, -0.15) is 0 Å². The normalized spacial score (nSPS) is 22.3. The third kappa shape index (κ3) is 5.02. The number of hydrogen-bond acceptors (Lipinski definition) is 5. The minimum absolute atomic E-state index is 0.00625. The zero-order chi connectivity index (χ0) is 19.4. The van der Waals surface area contributed by atoms with Crippen molar-refractivity contribution in [1.29, 1.82) is 0 Å². The number of nitrogens with zero attached hydrogens (tertiary/aromatic N) is 1. The maximum Gasteiger partial charge on any atom is 0.340 e. The molecule has 2 aliphatic rings. The SMILES string of the molecule is O=C(OCC(=O)N(C1CCCCC1)[C@@H]1CCS(=O)(=O)C1)c1ccccc1Cl. The second-order valence-corrected chi connectivity index (χ2v) is 9.84. The minimum atomic E-state index is -3.11. The standard InChI is InChI=1S/C19H24ClNO5S/c20-17-9-5-4-8-16(17)19(23)26-12-18(22)21(14-6-2-1-3-7-14)15-10-11-27(24,25)13-15/h4-5,8-9,14-15H,1-3,6-7,10-13H2/t15-/m1/s1. The molecule has 1 amide bonds. The molecule has 1 aliphatic carbocycles. The smallest absolute Gasteiger partial charge is 0.340 e. The average Bonchev–Trinajstić information content (AvgIpc) is 3.00. The highest BCUT2D eigenvalue weighted by Crippen LogP contribution is 2.28. The Morgan fingerprint density at radius 2 is 1.78 bits per heavy atom. The highest BCUT2D eigenvalue weighted by Gasteiger charge is 2.38. The molecular formula is C19H24ClNO5S. The van der Waals surface area contributed by atoms with E-state index in [1.165, 1.54) is 6.07 Å². The van der Waals surface area contributed by atoms with Crippen LogP contribution >= 0.6 is 11.6 Å². The predicted octanol–water partition coefficient (Wildman–Crippen LogP) is 2.85. The summed E-state index contributed by atoms with van der Waals surface area (Å²) in [6, 6.07) is 6.18. The van der Waals surface area contributed by atoms with Crippen LogP contribution in [0.15, 0.2) is 24.3 Å². The van der Waals surface area contributed by atoms with Crippen molar-refractivity contribution in [3.8, 4) is 0 Å². The minimum Gasteiger partial charge on any atom is -0.452 e. The van der Waals surface area contributed by atoms with E-state index >= 15 is 0 Å². The highest BCUT2D eigenvalue weighted by atomic mass is 35.5. The summed E-state index contributed by atoms with van der Waals surface area (Å²) < 4.78 is 29.0.